The average Bonchev–Trinajstić information content (AvgIpc) is 3.34. The number of nitrogens with zero attached hydrogens (tertiary/aromatic N) is 3. The van der Waals surface area contributed by atoms with Gasteiger partial charge in [0.2, 0.25) is 0 Å². The van der Waals surface area contributed by atoms with E-state index in [2.05, 4.69) is 20.5 Å². The molecule has 7 nitrogen and oxygen atoms in total. The van der Waals surface area contributed by atoms with Crippen molar-refractivity contribution in [2.45, 2.75) is 19.5 Å². The first-order valence-electron chi connectivity index (χ1n) is 8.46. The van der Waals surface area contributed by atoms with Crippen molar-refractivity contribution in [1.29, 1.82) is 0 Å². The van der Waals surface area contributed by atoms with Crippen molar-refractivity contribution in [3.63, 3.8) is 0 Å². The van der Waals surface area contributed by atoms with Gasteiger partial charge >= 0.3 is 6.03 Å². The van der Waals surface area contributed by atoms with Crippen LogP contribution >= 0.6 is 11.3 Å². The molecular weight excluding hydrogens is 369 g/mol. The average molecular weight is 387 g/mol. The van der Waals surface area contributed by atoms with Gasteiger partial charge in [-0.15, -0.1) is 11.3 Å². The van der Waals surface area contributed by atoms with Crippen molar-refractivity contribution in [2.75, 3.05) is 13.7 Å². The van der Waals surface area contributed by atoms with E-state index in [4.69, 9.17) is 4.74 Å². The van der Waals surface area contributed by atoms with E-state index in [0.717, 1.165) is 21.1 Å². The molecule has 1 aromatic carbocycles. The maximum Gasteiger partial charge on any atom is 0.318 e. The number of rotatable bonds is 4. The summed E-state index contributed by atoms with van der Waals surface area (Å²) in [6, 6.07) is 4.22. The summed E-state index contributed by atoms with van der Waals surface area (Å²) in [6.45, 7) is 1.35. The molecule has 140 valence electrons. The number of benzene rings is 1. The van der Waals surface area contributed by atoms with E-state index in [-0.39, 0.29) is 12.6 Å². The van der Waals surface area contributed by atoms with Crippen LogP contribution in [0.4, 0.5) is 9.18 Å². The number of nitrogens with one attached hydrogen (secondary N) is 2. The lowest BCUT2D eigenvalue weighted by Crippen LogP contribution is -2.42. The molecule has 2 aromatic heterocycles. The zero-order chi connectivity index (χ0) is 18.8. The number of carbonyl (C=O) groups is 1. The molecule has 1 aliphatic rings. The Balaban J connectivity index is 1.40. The van der Waals surface area contributed by atoms with Crippen molar-refractivity contribution >= 4 is 17.4 Å². The zero-order valence-electron chi connectivity index (χ0n) is 14.7. The molecule has 2 N–H and O–H groups in total. The minimum absolute atomic E-state index is 0.179. The Morgan fingerprint density at radius 2 is 2.33 bits per heavy atom. The third-order valence-corrected chi connectivity index (χ3v) is 5.51. The van der Waals surface area contributed by atoms with Crippen LogP contribution in [0.5, 0.6) is 5.75 Å². The fourth-order valence-electron chi connectivity index (χ4n) is 2.99. The third-order valence-electron chi connectivity index (χ3n) is 4.37. The zero-order valence-corrected chi connectivity index (χ0v) is 15.5. The van der Waals surface area contributed by atoms with Gasteiger partial charge in [-0.05, 0) is 17.7 Å². The normalized spacial score (nSPS) is 13.3. The molecule has 2 amide bonds. The second-order valence-electron chi connectivity index (χ2n) is 6.21. The lowest BCUT2D eigenvalue weighted by Gasteiger charge is -2.26. The number of fused-ring (bicyclic) bond motifs is 1. The summed E-state index contributed by atoms with van der Waals surface area (Å²) >= 11 is 1.58. The Hall–Kier alpha value is -2.94. The van der Waals surface area contributed by atoms with Crippen LogP contribution in [0.3, 0.4) is 0 Å². The summed E-state index contributed by atoms with van der Waals surface area (Å²) in [5.41, 5.74) is 2.64. The lowest BCUT2D eigenvalue weighted by atomic mass is 10.2. The second-order valence-corrected chi connectivity index (χ2v) is 7.29. The number of hydrogen-bond donors (Lipinski definition) is 2. The fraction of sp³-hybridized carbons (Fsp3) is 0.278. The first-order chi connectivity index (χ1) is 13.1. The first-order valence-corrected chi connectivity index (χ1v) is 9.28. The largest absolute Gasteiger partial charge is 0.497 e. The summed E-state index contributed by atoms with van der Waals surface area (Å²) < 4.78 is 18.6. The summed E-state index contributed by atoms with van der Waals surface area (Å²) in [4.78, 5) is 20.0. The van der Waals surface area contributed by atoms with Crippen LogP contribution in [0, 0.1) is 5.82 Å². The molecule has 0 fully saturated rings. The number of H-pyrrole nitrogens is 1. The van der Waals surface area contributed by atoms with Gasteiger partial charge < -0.3 is 15.0 Å². The van der Waals surface area contributed by atoms with Crippen LogP contribution in [0.2, 0.25) is 0 Å². The molecule has 0 saturated carbocycles. The van der Waals surface area contributed by atoms with E-state index in [1.807, 2.05) is 6.20 Å². The first kappa shape index (κ1) is 17.5. The molecule has 0 saturated heterocycles. The van der Waals surface area contributed by atoms with Crippen molar-refractivity contribution in [2.24, 2.45) is 0 Å². The Bertz CT molecular complexity index is 957. The number of carbonyl (C=O) groups excluding carboxylic acids is 1. The van der Waals surface area contributed by atoms with Crippen LogP contribution in [0.25, 0.3) is 10.6 Å². The quantitative estimate of drug-likeness (QED) is 0.721. The molecule has 9 heteroatoms. The third kappa shape index (κ3) is 3.77. The van der Waals surface area contributed by atoms with Gasteiger partial charge in [0.1, 0.15) is 16.6 Å². The standard InChI is InChI=1S/C18H18FN5O2S/c1-26-14-5-11(4-13(19)6-14)7-20-18(25)24-3-2-15-16(10-24)27-17(23-15)12-8-21-22-9-12/h4-6,8-9H,2-3,7,10H2,1H3,(H,20,25)(H,21,22). The van der Waals surface area contributed by atoms with E-state index in [9.17, 15) is 9.18 Å². The minimum atomic E-state index is -0.391. The Kier molecular flexibility index (Phi) is 4.76. The number of aromatic amines is 1. The van der Waals surface area contributed by atoms with E-state index in [1.165, 1.54) is 19.2 Å². The van der Waals surface area contributed by atoms with Gasteiger partial charge in [-0.3, -0.25) is 5.10 Å². The van der Waals surface area contributed by atoms with Gasteiger partial charge in [-0.1, -0.05) is 0 Å². The van der Waals surface area contributed by atoms with E-state index in [0.29, 0.717) is 30.8 Å². The van der Waals surface area contributed by atoms with Crippen molar-refractivity contribution < 1.29 is 13.9 Å². The van der Waals surface area contributed by atoms with Crippen molar-refractivity contribution in [3.05, 3.63) is 52.5 Å². The summed E-state index contributed by atoms with van der Waals surface area (Å²) in [5.74, 6) is 0.0379. The van der Waals surface area contributed by atoms with Crippen molar-refractivity contribution in [3.8, 4) is 16.3 Å². The molecule has 3 heterocycles. The second kappa shape index (κ2) is 7.36. The number of aromatic nitrogens is 3. The molecular formula is C18H18FN5O2S. The number of urea groups is 1. The van der Waals surface area contributed by atoms with Gasteiger partial charge in [0.15, 0.2) is 0 Å². The highest BCUT2D eigenvalue weighted by Gasteiger charge is 2.24. The lowest BCUT2D eigenvalue weighted by molar-refractivity contribution is 0.192. The SMILES string of the molecule is COc1cc(F)cc(CNC(=O)N2CCc3nc(-c4cn[nH]c4)sc3C2)c1. The highest BCUT2D eigenvalue weighted by atomic mass is 32.1. The van der Waals surface area contributed by atoms with Gasteiger partial charge in [0.25, 0.3) is 0 Å². The predicted octanol–water partition coefficient (Wildman–Crippen LogP) is 2.95. The monoisotopic (exact) mass is 387 g/mol. The molecule has 0 radical (unpaired) electrons. The highest BCUT2D eigenvalue weighted by Crippen LogP contribution is 2.31. The van der Waals surface area contributed by atoms with Crippen LogP contribution in [-0.4, -0.2) is 39.8 Å². The Labute approximate surface area is 159 Å². The summed E-state index contributed by atoms with van der Waals surface area (Å²) in [6.07, 6.45) is 4.26. The number of amides is 2. The molecule has 0 spiro atoms. The summed E-state index contributed by atoms with van der Waals surface area (Å²) in [7, 11) is 1.48. The fourth-order valence-corrected chi connectivity index (χ4v) is 4.09. The topological polar surface area (TPSA) is 83.1 Å². The van der Waals surface area contributed by atoms with Crippen LogP contribution in [0.1, 0.15) is 16.1 Å². The van der Waals surface area contributed by atoms with Crippen LogP contribution < -0.4 is 10.1 Å². The van der Waals surface area contributed by atoms with E-state index < -0.39 is 5.82 Å². The van der Waals surface area contributed by atoms with Gasteiger partial charge in [0.05, 0.1) is 25.5 Å². The number of hydrogen-bond acceptors (Lipinski definition) is 5. The number of ether oxygens (including phenoxy) is 1. The molecule has 0 aliphatic carbocycles. The molecule has 27 heavy (non-hydrogen) atoms. The highest BCUT2D eigenvalue weighted by molar-refractivity contribution is 7.15. The van der Waals surface area contributed by atoms with Gasteiger partial charge in [0, 0.05) is 42.2 Å². The van der Waals surface area contributed by atoms with Crippen LogP contribution in [-0.2, 0) is 19.5 Å². The number of thiazole rings is 1. The molecule has 0 unspecified atom stereocenters. The smallest absolute Gasteiger partial charge is 0.318 e. The number of halogens is 1. The predicted molar refractivity (Wildman–Crippen MR) is 99.0 cm³/mol. The van der Waals surface area contributed by atoms with Crippen molar-refractivity contribution in [1.82, 2.24) is 25.4 Å². The maximum absolute atomic E-state index is 13.6. The molecule has 3 aromatic rings. The van der Waals surface area contributed by atoms with E-state index in [1.54, 1.807) is 28.5 Å². The molecule has 0 bridgehead atoms. The molecule has 4 rings (SSSR count). The van der Waals surface area contributed by atoms with Crippen LogP contribution in [0.15, 0.2) is 30.6 Å². The Morgan fingerprint density at radius 1 is 1.44 bits per heavy atom. The van der Waals surface area contributed by atoms with E-state index >= 15 is 0 Å². The van der Waals surface area contributed by atoms with Gasteiger partial charge in [-0.25, -0.2) is 14.2 Å². The van der Waals surface area contributed by atoms with Gasteiger partial charge in [-0.2, -0.15) is 5.10 Å². The number of methoxy groups -OCH3 is 1. The Morgan fingerprint density at radius 3 is 3.11 bits per heavy atom. The molecule has 0 atom stereocenters. The summed E-state index contributed by atoms with van der Waals surface area (Å²) in [5, 5.41) is 10.5. The minimum Gasteiger partial charge on any atom is -0.497 e. The maximum atomic E-state index is 13.6. The molecule has 1 aliphatic heterocycles.